The van der Waals surface area contributed by atoms with E-state index in [4.69, 9.17) is 9.15 Å². The van der Waals surface area contributed by atoms with E-state index in [0.717, 1.165) is 101 Å². The molecule has 0 saturated heterocycles. The van der Waals surface area contributed by atoms with Crippen LogP contribution in [0.15, 0.2) is 211 Å². The first kappa shape index (κ1) is 31.9. The number of benzene rings is 9. The van der Waals surface area contributed by atoms with E-state index in [1.807, 2.05) is 18.2 Å². The number of para-hydroxylation sites is 5. The van der Waals surface area contributed by atoms with Crippen LogP contribution in [0.1, 0.15) is 0 Å². The first-order valence-electron chi connectivity index (χ1n) is 18.9. The predicted molar refractivity (Wildman–Crippen MR) is 232 cm³/mol. The summed E-state index contributed by atoms with van der Waals surface area (Å²) in [5.74, 6) is 1.66. The molecule has 4 heteroatoms. The van der Waals surface area contributed by atoms with Gasteiger partial charge in [-0.15, -0.1) is 0 Å². The quantitative estimate of drug-likeness (QED) is 0.164. The fourth-order valence-corrected chi connectivity index (χ4v) is 8.35. The molecule has 0 fully saturated rings. The highest BCUT2D eigenvalue weighted by Crippen LogP contribution is 2.53. The van der Waals surface area contributed by atoms with Crippen molar-refractivity contribution in [3.05, 3.63) is 206 Å². The summed E-state index contributed by atoms with van der Waals surface area (Å²) in [4.78, 5) is 4.59. The van der Waals surface area contributed by atoms with Crippen LogP contribution in [-0.2, 0) is 0 Å². The summed E-state index contributed by atoms with van der Waals surface area (Å²) in [7, 11) is 0. The van der Waals surface area contributed by atoms with Crippen LogP contribution in [0.2, 0.25) is 0 Å². The molecule has 0 bridgehead atoms. The molecule has 0 spiro atoms. The lowest BCUT2D eigenvalue weighted by atomic mass is 9.93. The maximum atomic E-state index is 6.96. The Labute approximate surface area is 324 Å². The number of anilines is 6. The fourth-order valence-electron chi connectivity index (χ4n) is 8.35. The normalized spacial score (nSPS) is 11.7. The topological polar surface area (TPSA) is 28.9 Å². The minimum absolute atomic E-state index is 0.827. The summed E-state index contributed by atoms with van der Waals surface area (Å²) < 4.78 is 13.8. The van der Waals surface area contributed by atoms with Crippen molar-refractivity contribution in [1.82, 2.24) is 0 Å². The third-order valence-electron chi connectivity index (χ3n) is 10.8. The van der Waals surface area contributed by atoms with Gasteiger partial charge in [0, 0.05) is 61.5 Å². The van der Waals surface area contributed by atoms with Gasteiger partial charge in [-0.2, -0.15) is 0 Å². The number of hydrogen-bond donors (Lipinski definition) is 0. The van der Waals surface area contributed by atoms with Crippen LogP contribution in [0.4, 0.5) is 34.1 Å². The number of rotatable bonds is 7. The van der Waals surface area contributed by atoms with E-state index in [2.05, 4.69) is 198 Å². The van der Waals surface area contributed by atoms with Gasteiger partial charge in [-0.05, 0) is 77.9 Å². The zero-order valence-electron chi connectivity index (χ0n) is 30.3. The predicted octanol–water partition coefficient (Wildman–Crippen LogP) is 15.1. The Kier molecular flexibility index (Phi) is 7.46. The van der Waals surface area contributed by atoms with E-state index in [9.17, 15) is 0 Å². The molecule has 1 aliphatic heterocycles. The molecule has 1 aliphatic rings. The summed E-state index contributed by atoms with van der Waals surface area (Å²) in [6, 6.07) is 72.2. The van der Waals surface area contributed by atoms with Crippen molar-refractivity contribution in [3.63, 3.8) is 0 Å². The smallest absolute Gasteiger partial charge is 0.159 e. The van der Waals surface area contributed by atoms with Gasteiger partial charge in [0.25, 0.3) is 0 Å². The first-order valence-corrected chi connectivity index (χ1v) is 18.9. The maximum Gasteiger partial charge on any atom is 0.159 e. The number of hydrogen-bond acceptors (Lipinski definition) is 4. The molecule has 0 saturated carbocycles. The lowest BCUT2D eigenvalue weighted by molar-refractivity contribution is 0.487. The highest BCUT2D eigenvalue weighted by atomic mass is 16.5. The van der Waals surface area contributed by atoms with Gasteiger partial charge in [0.05, 0.1) is 11.4 Å². The van der Waals surface area contributed by atoms with E-state index in [0.29, 0.717) is 0 Å². The van der Waals surface area contributed by atoms with Gasteiger partial charge in [-0.1, -0.05) is 133 Å². The van der Waals surface area contributed by atoms with Crippen LogP contribution >= 0.6 is 0 Å². The molecule has 0 unspecified atom stereocenters. The van der Waals surface area contributed by atoms with E-state index < -0.39 is 0 Å². The second-order valence-electron chi connectivity index (χ2n) is 14.1. The van der Waals surface area contributed by atoms with Crippen molar-refractivity contribution in [2.45, 2.75) is 0 Å². The standard InChI is InChI=1S/C52H34N2O2/c1-5-16-35(17-6-1)40-24-13-25-43-44-26-14-28-47(52(44)56-51(40)43)54(38-22-11-4-12-23-38)46-33-32-42-41-31-30-39(34-49(41)55-48-29-15-27-45(46)50(42)48)53(36-18-7-2-8-19-36)37-20-9-3-10-21-37/h1-34H. The molecular weight excluding hydrogens is 685 g/mol. The van der Waals surface area contributed by atoms with Gasteiger partial charge < -0.3 is 19.0 Å². The van der Waals surface area contributed by atoms with Crippen LogP contribution in [0.25, 0.3) is 55.0 Å². The summed E-state index contributed by atoms with van der Waals surface area (Å²) in [6.07, 6.45) is 0. The van der Waals surface area contributed by atoms with Crippen molar-refractivity contribution in [3.8, 4) is 33.8 Å². The number of furan rings is 1. The van der Waals surface area contributed by atoms with Gasteiger partial charge >= 0.3 is 0 Å². The zero-order chi connectivity index (χ0) is 37.0. The minimum atomic E-state index is 0.827. The molecule has 0 N–H and O–H groups in total. The van der Waals surface area contributed by atoms with Gasteiger partial charge in [0.2, 0.25) is 0 Å². The SMILES string of the molecule is c1ccc(-c2cccc3c2oc2c(N(c4ccccc4)c4ccc5c6c(cccc46)Oc4cc(N(c6ccccc6)c6ccccc6)ccc4-5)cccc23)cc1. The van der Waals surface area contributed by atoms with Gasteiger partial charge in [-0.25, -0.2) is 0 Å². The van der Waals surface area contributed by atoms with Crippen LogP contribution in [0, 0.1) is 0 Å². The van der Waals surface area contributed by atoms with Crippen molar-refractivity contribution in [2.24, 2.45) is 0 Å². The lowest BCUT2D eigenvalue weighted by Crippen LogP contribution is -2.12. The van der Waals surface area contributed by atoms with Crippen molar-refractivity contribution in [2.75, 3.05) is 9.80 Å². The molecule has 9 aromatic carbocycles. The second-order valence-corrected chi connectivity index (χ2v) is 14.1. The van der Waals surface area contributed by atoms with Crippen molar-refractivity contribution >= 4 is 66.8 Å². The second kappa shape index (κ2) is 13.1. The summed E-state index contributed by atoms with van der Waals surface area (Å²) in [5, 5.41) is 4.34. The Hall–Kier alpha value is -7.56. The molecule has 11 rings (SSSR count). The fraction of sp³-hybridized carbons (Fsp3) is 0. The first-order chi connectivity index (χ1) is 27.8. The Morgan fingerprint density at radius 1 is 0.321 bits per heavy atom. The van der Waals surface area contributed by atoms with Crippen LogP contribution in [0.5, 0.6) is 11.5 Å². The third-order valence-corrected chi connectivity index (χ3v) is 10.8. The molecular formula is C52H34N2O2. The molecule has 0 radical (unpaired) electrons. The average molecular weight is 719 g/mol. The lowest BCUT2D eigenvalue weighted by Gasteiger charge is -2.30. The van der Waals surface area contributed by atoms with Crippen LogP contribution in [-0.4, -0.2) is 0 Å². The molecule has 264 valence electrons. The zero-order valence-corrected chi connectivity index (χ0v) is 30.3. The molecule has 0 amide bonds. The minimum Gasteiger partial charge on any atom is -0.456 e. The largest absolute Gasteiger partial charge is 0.456 e. The monoisotopic (exact) mass is 718 g/mol. The Morgan fingerprint density at radius 3 is 1.59 bits per heavy atom. The van der Waals surface area contributed by atoms with Crippen molar-refractivity contribution in [1.29, 1.82) is 0 Å². The van der Waals surface area contributed by atoms with Gasteiger partial charge in [0.1, 0.15) is 17.1 Å². The number of nitrogens with zero attached hydrogens (tertiary/aromatic N) is 2. The molecule has 2 heterocycles. The summed E-state index contributed by atoms with van der Waals surface area (Å²) >= 11 is 0. The average Bonchev–Trinajstić information content (AvgIpc) is 3.66. The molecule has 1 aromatic heterocycles. The highest BCUT2D eigenvalue weighted by Gasteiger charge is 2.27. The number of ether oxygens (including phenoxy) is 1. The maximum absolute atomic E-state index is 6.96. The molecule has 0 aliphatic carbocycles. The highest BCUT2D eigenvalue weighted by molar-refractivity contribution is 6.16. The Bertz CT molecular complexity index is 3010. The van der Waals surface area contributed by atoms with E-state index in [-0.39, 0.29) is 0 Å². The van der Waals surface area contributed by atoms with E-state index >= 15 is 0 Å². The molecule has 10 aromatic rings. The number of fused-ring (bicyclic) bond motifs is 5. The van der Waals surface area contributed by atoms with E-state index in [1.54, 1.807) is 0 Å². The Morgan fingerprint density at radius 2 is 0.893 bits per heavy atom. The van der Waals surface area contributed by atoms with Crippen LogP contribution < -0.4 is 14.5 Å². The summed E-state index contributed by atoms with van der Waals surface area (Å²) in [6.45, 7) is 0. The van der Waals surface area contributed by atoms with E-state index in [1.165, 1.54) is 0 Å². The van der Waals surface area contributed by atoms with Crippen LogP contribution in [0.3, 0.4) is 0 Å². The van der Waals surface area contributed by atoms with Gasteiger partial charge in [0.15, 0.2) is 5.58 Å². The van der Waals surface area contributed by atoms with Crippen molar-refractivity contribution < 1.29 is 9.15 Å². The summed E-state index contributed by atoms with van der Waals surface area (Å²) in [5.41, 5.74) is 12.4. The molecule has 56 heavy (non-hydrogen) atoms. The van der Waals surface area contributed by atoms with Gasteiger partial charge in [-0.3, -0.25) is 0 Å². The molecule has 4 nitrogen and oxygen atoms in total. The molecule has 0 atom stereocenters. The Balaban J connectivity index is 1.08. The third kappa shape index (κ3) is 5.15.